The van der Waals surface area contributed by atoms with Crippen molar-refractivity contribution >= 4 is 15.8 Å². The summed E-state index contributed by atoms with van der Waals surface area (Å²) in [6, 6.07) is 2.35. The fourth-order valence-electron chi connectivity index (χ4n) is 4.70. The second-order valence-electron chi connectivity index (χ2n) is 8.33. The normalized spacial score (nSPS) is 27.2. The maximum absolute atomic E-state index is 13.0. The summed E-state index contributed by atoms with van der Waals surface area (Å²) in [4.78, 5) is 4.63. The summed E-state index contributed by atoms with van der Waals surface area (Å²) < 4.78 is 34.6. The third-order valence-corrected chi connectivity index (χ3v) is 8.26. The summed E-state index contributed by atoms with van der Waals surface area (Å²) in [5, 5.41) is 4.71. The van der Waals surface area contributed by atoms with Gasteiger partial charge in [0.15, 0.2) is 10.8 Å². The minimum absolute atomic E-state index is 0.171. The topological polar surface area (TPSA) is 70.9 Å². The van der Waals surface area contributed by atoms with Crippen LogP contribution in [0.5, 0.6) is 0 Å². The lowest BCUT2D eigenvalue weighted by Crippen LogP contribution is -2.74. The molecule has 0 unspecified atom stereocenters. The Labute approximate surface area is 154 Å². The van der Waals surface area contributed by atoms with E-state index in [0.29, 0.717) is 24.2 Å². The van der Waals surface area contributed by atoms with Gasteiger partial charge in [-0.15, -0.1) is 0 Å². The standard InChI is InChI=1S/C17H27N5O3S/c1-19-16(9-15(18-19)20-5-2-6-20)26(23,24)22-12-17(13-22)10-21(11-17)14-3-7-25-8-4-14/h9,14H,2-8,10-13H2,1H3. The van der Waals surface area contributed by atoms with Crippen LogP contribution < -0.4 is 4.90 Å². The van der Waals surface area contributed by atoms with Crippen LogP contribution in [0.1, 0.15) is 19.3 Å². The number of nitrogens with zero attached hydrogens (tertiary/aromatic N) is 5. The van der Waals surface area contributed by atoms with Crippen LogP contribution >= 0.6 is 0 Å². The Hall–Kier alpha value is -1.16. The predicted octanol–water partition coefficient (Wildman–Crippen LogP) is 0.116. The quantitative estimate of drug-likeness (QED) is 0.738. The highest BCUT2D eigenvalue weighted by molar-refractivity contribution is 7.89. The van der Waals surface area contributed by atoms with Crippen LogP contribution in [0.4, 0.5) is 5.82 Å². The maximum Gasteiger partial charge on any atom is 0.260 e. The molecular formula is C17H27N5O3S. The van der Waals surface area contributed by atoms with E-state index >= 15 is 0 Å². The SMILES string of the molecule is Cn1nc(N2CCC2)cc1S(=O)(=O)N1CC2(CN(C3CCOCC3)C2)C1. The van der Waals surface area contributed by atoms with Crippen molar-refractivity contribution in [3.8, 4) is 0 Å². The number of hydrogen-bond donors (Lipinski definition) is 0. The zero-order valence-electron chi connectivity index (χ0n) is 15.3. The molecule has 0 N–H and O–H groups in total. The molecule has 4 saturated heterocycles. The van der Waals surface area contributed by atoms with Gasteiger partial charge in [-0.1, -0.05) is 0 Å². The van der Waals surface area contributed by atoms with Gasteiger partial charge in [0.05, 0.1) is 0 Å². The number of aromatic nitrogens is 2. The van der Waals surface area contributed by atoms with E-state index in [4.69, 9.17) is 4.74 Å². The van der Waals surface area contributed by atoms with Gasteiger partial charge in [-0.05, 0) is 19.3 Å². The molecule has 5 rings (SSSR count). The van der Waals surface area contributed by atoms with Crippen molar-refractivity contribution in [2.75, 3.05) is 57.4 Å². The number of sulfonamides is 1. The lowest BCUT2D eigenvalue weighted by atomic mass is 9.73. The summed E-state index contributed by atoms with van der Waals surface area (Å²) in [6.45, 7) is 6.96. The highest BCUT2D eigenvalue weighted by Gasteiger charge is 2.56. The molecule has 1 aromatic heterocycles. The van der Waals surface area contributed by atoms with Crippen molar-refractivity contribution in [3.05, 3.63) is 6.07 Å². The van der Waals surface area contributed by atoms with Gasteiger partial charge in [0.2, 0.25) is 0 Å². The Bertz CT molecular complexity index is 783. The summed E-state index contributed by atoms with van der Waals surface area (Å²) >= 11 is 0. The van der Waals surface area contributed by atoms with Crippen LogP contribution in [0.25, 0.3) is 0 Å². The molecular weight excluding hydrogens is 354 g/mol. The third kappa shape index (κ3) is 2.59. The molecule has 0 atom stereocenters. The lowest BCUT2D eigenvalue weighted by molar-refractivity contribution is -0.116. The van der Waals surface area contributed by atoms with Crippen molar-refractivity contribution in [1.29, 1.82) is 0 Å². The van der Waals surface area contributed by atoms with Gasteiger partial charge >= 0.3 is 0 Å². The number of rotatable bonds is 4. The minimum Gasteiger partial charge on any atom is -0.381 e. The van der Waals surface area contributed by atoms with Crippen molar-refractivity contribution in [2.45, 2.75) is 30.3 Å². The Morgan fingerprint density at radius 1 is 1.15 bits per heavy atom. The number of ether oxygens (including phenoxy) is 1. The average molecular weight is 382 g/mol. The first-order chi connectivity index (χ1) is 12.5. The minimum atomic E-state index is -3.45. The van der Waals surface area contributed by atoms with Gasteiger partial charge in [0.1, 0.15) is 0 Å². The van der Waals surface area contributed by atoms with Crippen molar-refractivity contribution in [1.82, 2.24) is 19.0 Å². The maximum atomic E-state index is 13.0. The van der Waals surface area contributed by atoms with E-state index in [1.54, 1.807) is 17.4 Å². The van der Waals surface area contributed by atoms with Crippen molar-refractivity contribution in [3.63, 3.8) is 0 Å². The second kappa shape index (κ2) is 5.92. The molecule has 4 aliphatic heterocycles. The predicted molar refractivity (Wildman–Crippen MR) is 96.6 cm³/mol. The van der Waals surface area contributed by atoms with E-state index in [1.807, 2.05) is 0 Å². The summed E-state index contributed by atoms with van der Waals surface area (Å²) in [6.07, 6.45) is 3.36. The number of anilines is 1. The fourth-order valence-corrected chi connectivity index (χ4v) is 6.49. The molecule has 0 saturated carbocycles. The molecule has 26 heavy (non-hydrogen) atoms. The molecule has 0 bridgehead atoms. The van der Waals surface area contributed by atoms with Gasteiger partial charge in [0.25, 0.3) is 10.0 Å². The number of aryl methyl sites for hydroxylation is 1. The van der Waals surface area contributed by atoms with Crippen LogP contribution in [-0.4, -0.2) is 85.9 Å². The molecule has 1 spiro atoms. The van der Waals surface area contributed by atoms with E-state index in [9.17, 15) is 8.42 Å². The van der Waals surface area contributed by atoms with Crippen LogP contribution in [0.3, 0.4) is 0 Å². The highest BCUT2D eigenvalue weighted by atomic mass is 32.2. The molecule has 1 aromatic rings. The first kappa shape index (κ1) is 17.0. The first-order valence-electron chi connectivity index (χ1n) is 9.58. The molecule has 5 heterocycles. The number of likely N-dealkylation sites (tertiary alicyclic amines) is 1. The van der Waals surface area contributed by atoms with Gasteiger partial charge in [-0.2, -0.15) is 9.40 Å². The number of hydrogen-bond acceptors (Lipinski definition) is 6. The fraction of sp³-hybridized carbons (Fsp3) is 0.824. The zero-order chi connectivity index (χ0) is 17.9. The smallest absolute Gasteiger partial charge is 0.260 e. The molecule has 0 radical (unpaired) electrons. The highest BCUT2D eigenvalue weighted by Crippen LogP contribution is 2.44. The summed E-state index contributed by atoms with van der Waals surface area (Å²) in [7, 11) is -1.73. The lowest BCUT2D eigenvalue weighted by Gasteiger charge is -2.61. The molecule has 0 amide bonds. The van der Waals surface area contributed by atoms with Crippen LogP contribution in [0.2, 0.25) is 0 Å². The Morgan fingerprint density at radius 3 is 2.46 bits per heavy atom. The van der Waals surface area contributed by atoms with Gasteiger partial charge in [-0.3, -0.25) is 9.58 Å². The molecule has 9 heteroatoms. The monoisotopic (exact) mass is 381 g/mol. The van der Waals surface area contributed by atoms with Gasteiger partial charge < -0.3 is 9.64 Å². The summed E-state index contributed by atoms with van der Waals surface area (Å²) in [5.41, 5.74) is 0.171. The van der Waals surface area contributed by atoms with Gasteiger partial charge in [-0.25, -0.2) is 8.42 Å². The van der Waals surface area contributed by atoms with E-state index in [0.717, 1.165) is 64.5 Å². The second-order valence-corrected chi connectivity index (χ2v) is 10.2. The largest absolute Gasteiger partial charge is 0.381 e. The average Bonchev–Trinajstić information content (AvgIpc) is 2.85. The molecule has 0 aromatic carbocycles. The van der Waals surface area contributed by atoms with E-state index < -0.39 is 10.0 Å². The first-order valence-corrected chi connectivity index (χ1v) is 11.0. The third-order valence-electron chi connectivity index (χ3n) is 6.42. The van der Waals surface area contributed by atoms with Crippen LogP contribution in [0, 0.1) is 5.41 Å². The molecule has 8 nitrogen and oxygen atoms in total. The van der Waals surface area contributed by atoms with Crippen molar-refractivity contribution in [2.24, 2.45) is 12.5 Å². The zero-order valence-corrected chi connectivity index (χ0v) is 16.1. The Kier molecular flexibility index (Phi) is 3.86. The Balaban J connectivity index is 1.22. The van der Waals surface area contributed by atoms with E-state index in [1.165, 1.54) is 4.68 Å². The summed E-state index contributed by atoms with van der Waals surface area (Å²) in [5.74, 6) is 0.780. The van der Waals surface area contributed by atoms with Crippen LogP contribution in [-0.2, 0) is 21.8 Å². The van der Waals surface area contributed by atoms with E-state index in [-0.39, 0.29) is 5.41 Å². The molecule has 4 fully saturated rings. The Morgan fingerprint density at radius 2 is 1.85 bits per heavy atom. The van der Waals surface area contributed by atoms with Crippen LogP contribution in [0.15, 0.2) is 11.1 Å². The molecule has 0 aliphatic carbocycles. The van der Waals surface area contributed by atoms with Gasteiger partial charge in [0, 0.05) is 77.1 Å². The molecule has 4 aliphatic rings. The molecule has 144 valence electrons. The van der Waals surface area contributed by atoms with E-state index in [2.05, 4.69) is 14.9 Å². The van der Waals surface area contributed by atoms with Crippen molar-refractivity contribution < 1.29 is 13.2 Å².